The lowest BCUT2D eigenvalue weighted by atomic mass is 9.97. The van der Waals surface area contributed by atoms with Gasteiger partial charge in [0, 0.05) is 23.3 Å². The van der Waals surface area contributed by atoms with Gasteiger partial charge in [-0.3, -0.25) is 14.4 Å². The molecule has 5 atom stereocenters. The van der Waals surface area contributed by atoms with Crippen LogP contribution in [0.5, 0.6) is 0 Å². The van der Waals surface area contributed by atoms with Crippen LogP contribution in [0.3, 0.4) is 0 Å². The second-order valence-electron chi connectivity index (χ2n) is 9.50. The first-order valence-electron chi connectivity index (χ1n) is 10.7. The first kappa shape index (κ1) is 20.2. The molecule has 3 fully saturated rings. The third-order valence-corrected chi connectivity index (χ3v) is 8.27. The Bertz CT molecular complexity index is 1060. The van der Waals surface area contributed by atoms with Gasteiger partial charge in [-0.2, -0.15) is 0 Å². The molecular formula is C22H32N4O4S. The quantitative estimate of drug-likeness (QED) is 0.589. The molecule has 0 spiro atoms. The van der Waals surface area contributed by atoms with Crippen molar-refractivity contribution in [2.75, 3.05) is 13.1 Å². The lowest BCUT2D eigenvalue weighted by molar-refractivity contribution is -0.129. The van der Waals surface area contributed by atoms with Gasteiger partial charge in [-0.05, 0) is 47.6 Å². The van der Waals surface area contributed by atoms with Gasteiger partial charge < -0.3 is 25.3 Å². The largest absolute Gasteiger partial charge is 0.356 e. The number of thiophene rings is 1. The number of nitrogens with one attached hydrogen (secondary N) is 3. The maximum absolute atomic E-state index is 13.3. The van der Waals surface area contributed by atoms with Crippen molar-refractivity contribution in [1.82, 2.24) is 20.5 Å². The molecule has 8 nitrogen and oxygen atoms in total. The van der Waals surface area contributed by atoms with Crippen LogP contribution in [0.4, 0.5) is 0 Å². The molecule has 2 aliphatic heterocycles. The number of aromatic amines is 1. The van der Waals surface area contributed by atoms with E-state index in [0.29, 0.717) is 31.5 Å². The van der Waals surface area contributed by atoms with Gasteiger partial charge in [0.1, 0.15) is 18.0 Å². The molecule has 9 heteroatoms. The van der Waals surface area contributed by atoms with Gasteiger partial charge in [-0.1, -0.05) is 13.8 Å². The van der Waals surface area contributed by atoms with Crippen molar-refractivity contribution in [2.24, 2.45) is 23.2 Å². The van der Waals surface area contributed by atoms with E-state index in [1.807, 2.05) is 17.5 Å². The number of fused-ring (bicyclic) bond motifs is 2. The number of likely N-dealkylation sites (tertiary alicyclic amines) is 1. The number of hydrogen-bond acceptors (Lipinski definition) is 5. The Balaban J connectivity index is 0.00000136. The highest BCUT2D eigenvalue weighted by atomic mass is 32.1. The summed E-state index contributed by atoms with van der Waals surface area (Å²) in [5, 5.41) is 7.54. The summed E-state index contributed by atoms with van der Waals surface area (Å²) in [6.07, 6.45) is 1.64. The van der Waals surface area contributed by atoms with Gasteiger partial charge in [0.2, 0.25) is 11.8 Å². The van der Waals surface area contributed by atoms with Crippen LogP contribution in [-0.4, -0.2) is 59.1 Å². The maximum Gasteiger partial charge on any atom is 0.271 e. The summed E-state index contributed by atoms with van der Waals surface area (Å²) in [4.78, 5) is 54.9. The molecule has 31 heavy (non-hydrogen) atoms. The Morgan fingerprint density at radius 3 is 2.94 bits per heavy atom. The van der Waals surface area contributed by atoms with Crippen LogP contribution in [0.25, 0.3) is 10.2 Å². The Labute approximate surface area is 188 Å². The van der Waals surface area contributed by atoms with Crippen LogP contribution < -0.4 is 10.6 Å². The van der Waals surface area contributed by atoms with Crippen LogP contribution in [0.1, 0.15) is 41.5 Å². The number of piperidine rings is 1. The maximum atomic E-state index is 13.3. The number of rotatable bonds is 6. The van der Waals surface area contributed by atoms with Crippen LogP contribution >= 0.6 is 11.3 Å². The van der Waals surface area contributed by atoms with Crippen molar-refractivity contribution in [3.8, 4) is 0 Å². The van der Waals surface area contributed by atoms with Crippen molar-refractivity contribution in [1.29, 1.82) is 0 Å². The van der Waals surface area contributed by atoms with E-state index in [4.69, 9.17) is 0 Å². The van der Waals surface area contributed by atoms with Crippen molar-refractivity contribution in [3.05, 3.63) is 23.2 Å². The van der Waals surface area contributed by atoms with Crippen LogP contribution in [0.15, 0.2) is 17.5 Å². The highest BCUT2D eigenvalue weighted by molar-refractivity contribution is 7.17. The molecule has 2 aromatic rings. The molecule has 4 heterocycles. The number of carbonyl (C=O) groups excluding carboxylic acids is 4. The van der Waals surface area contributed by atoms with Gasteiger partial charge in [-0.25, -0.2) is 0 Å². The average molecular weight is 449 g/mol. The van der Waals surface area contributed by atoms with Crippen molar-refractivity contribution < 1.29 is 23.5 Å². The molecule has 0 aromatic carbocycles. The molecule has 1 aliphatic carbocycles. The lowest BCUT2D eigenvalue weighted by Gasteiger charge is -2.30. The Morgan fingerprint density at radius 2 is 2.26 bits per heavy atom. The SMILES string of the molecule is CC1(C)[C@@H]2[C@@H](C(=O)N[C@H](C=O)C[C@@H]3CCNC3=O)N(C(=O)c3cc4sccc4[nH]3)C[C@@H]21.[HH].[HH].[HH]. The topological polar surface area (TPSA) is 111 Å². The molecule has 170 valence electrons. The number of hydrogen-bond donors (Lipinski definition) is 3. The van der Waals surface area contributed by atoms with Crippen molar-refractivity contribution in [3.63, 3.8) is 0 Å². The molecule has 5 rings (SSSR count). The van der Waals surface area contributed by atoms with Crippen molar-refractivity contribution in [2.45, 2.75) is 38.8 Å². The predicted octanol–water partition coefficient (Wildman–Crippen LogP) is 2.27. The van der Waals surface area contributed by atoms with E-state index in [2.05, 4.69) is 29.5 Å². The zero-order valence-electron chi connectivity index (χ0n) is 17.5. The summed E-state index contributed by atoms with van der Waals surface area (Å²) in [6, 6.07) is 2.40. The van der Waals surface area contributed by atoms with Gasteiger partial charge in [0.05, 0.1) is 16.3 Å². The second kappa shape index (κ2) is 7.19. The van der Waals surface area contributed by atoms with E-state index in [1.165, 1.54) is 0 Å². The summed E-state index contributed by atoms with van der Waals surface area (Å²) < 4.78 is 1.00. The number of nitrogens with zero attached hydrogens (tertiary/aromatic N) is 1. The molecule has 0 bridgehead atoms. The fraction of sp³-hybridized carbons (Fsp3) is 0.545. The third kappa shape index (κ3) is 3.26. The van der Waals surface area contributed by atoms with Gasteiger partial charge >= 0.3 is 0 Å². The summed E-state index contributed by atoms with van der Waals surface area (Å²) in [6.45, 7) is 5.36. The lowest BCUT2D eigenvalue weighted by Crippen LogP contribution is -2.52. The Hall–Kier alpha value is -2.68. The molecule has 3 N–H and O–H groups in total. The summed E-state index contributed by atoms with van der Waals surface area (Å²) >= 11 is 1.56. The van der Waals surface area contributed by atoms with Crippen LogP contribution in [0.2, 0.25) is 0 Å². The molecule has 3 aliphatic rings. The first-order valence-corrected chi connectivity index (χ1v) is 11.6. The van der Waals surface area contributed by atoms with Gasteiger partial charge in [-0.15, -0.1) is 11.3 Å². The van der Waals surface area contributed by atoms with Crippen molar-refractivity contribution >= 4 is 45.6 Å². The number of aromatic nitrogens is 1. The fourth-order valence-corrected chi connectivity index (χ4v) is 6.29. The highest BCUT2D eigenvalue weighted by Crippen LogP contribution is 2.65. The van der Waals surface area contributed by atoms with E-state index in [0.717, 1.165) is 10.2 Å². The number of carbonyl (C=O) groups is 4. The predicted molar refractivity (Wildman–Crippen MR) is 122 cm³/mol. The van der Waals surface area contributed by atoms with E-state index in [-0.39, 0.29) is 51.6 Å². The zero-order valence-corrected chi connectivity index (χ0v) is 18.3. The minimum Gasteiger partial charge on any atom is -0.356 e. The summed E-state index contributed by atoms with van der Waals surface area (Å²) in [5.41, 5.74) is 1.37. The van der Waals surface area contributed by atoms with E-state index in [9.17, 15) is 19.2 Å². The monoisotopic (exact) mass is 448 g/mol. The first-order chi connectivity index (χ1) is 14.8. The van der Waals surface area contributed by atoms with E-state index >= 15 is 0 Å². The summed E-state index contributed by atoms with van der Waals surface area (Å²) in [5.74, 6) is -0.518. The highest BCUT2D eigenvalue weighted by Gasteiger charge is 2.69. The molecule has 2 aromatic heterocycles. The fourth-order valence-electron chi connectivity index (χ4n) is 5.51. The average Bonchev–Trinajstić information content (AvgIpc) is 3.34. The zero-order chi connectivity index (χ0) is 21.9. The number of amides is 3. The third-order valence-electron chi connectivity index (χ3n) is 7.40. The smallest absolute Gasteiger partial charge is 0.271 e. The van der Waals surface area contributed by atoms with E-state index < -0.39 is 12.1 Å². The molecular weight excluding hydrogens is 416 g/mol. The number of H-pyrrole nitrogens is 1. The van der Waals surface area contributed by atoms with Gasteiger partial charge in [0.15, 0.2) is 0 Å². The van der Waals surface area contributed by atoms with E-state index in [1.54, 1.807) is 16.2 Å². The Morgan fingerprint density at radius 1 is 1.45 bits per heavy atom. The summed E-state index contributed by atoms with van der Waals surface area (Å²) in [7, 11) is 0. The molecule has 1 saturated carbocycles. The second-order valence-corrected chi connectivity index (χ2v) is 10.4. The molecule has 2 saturated heterocycles. The van der Waals surface area contributed by atoms with Gasteiger partial charge in [0.25, 0.3) is 5.91 Å². The van der Waals surface area contributed by atoms with Crippen LogP contribution in [0, 0.1) is 23.2 Å². The molecule has 3 amide bonds. The minimum atomic E-state index is -0.741. The Kier molecular flexibility index (Phi) is 4.69. The molecule has 0 radical (unpaired) electrons. The standard InChI is InChI=1S/C22H26N4O4S.3H2/c1-22(2)13-9-26(21(30)15-8-16-14(25-15)4-6-31-16)18(17(13)22)20(29)24-12(10-27)7-11-3-5-23-19(11)28;;;/h4,6,8,10-13,17-18,25H,3,5,7,9H2,1-2H3,(H,23,28)(H,24,29);3*1H/t11-,12-,13-,17-,18-;;;/m0.../s1. The van der Waals surface area contributed by atoms with Crippen LogP contribution in [-0.2, 0) is 14.4 Å². The number of aldehydes is 1. The minimum absolute atomic E-state index is 0. The normalized spacial score (nSPS) is 29.5. The molecule has 0 unspecified atom stereocenters.